The first-order chi connectivity index (χ1) is 11.5. The third kappa shape index (κ3) is 4.47. The van der Waals surface area contributed by atoms with Crippen molar-refractivity contribution < 1.29 is 72.1 Å². The fourth-order valence-electron chi connectivity index (χ4n) is 2.40. The Balaban J connectivity index is 0.00000121. The second-order valence-electron chi connectivity index (χ2n) is 5.15. The van der Waals surface area contributed by atoms with Crippen molar-refractivity contribution in [1.29, 1.82) is 0 Å². The molecule has 0 unspecified atom stereocenters. The van der Waals surface area contributed by atoms with Crippen molar-refractivity contribution in [2.75, 3.05) is 0 Å². The van der Waals surface area contributed by atoms with Gasteiger partial charge >= 0.3 is 59.1 Å². The molecule has 0 aliphatic rings. The van der Waals surface area contributed by atoms with Gasteiger partial charge in [0.15, 0.2) is 0 Å². The Labute approximate surface area is 193 Å². The smallest absolute Gasteiger partial charge is 0.744 e. The summed E-state index contributed by atoms with van der Waals surface area (Å²) in [5.41, 5.74) is 2.77. The molecule has 0 aliphatic heterocycles. The first-order valence-electron chi connectivity index (χ1n) is 6.99. The van der Waals surface area contributed by atoms with Crippen molar-refractivity contribution in [2.45, 2.75) is 4.90 Å². The monoisotopic (exact) mass is 384 g/mol. The van der Waals surface area contributed by atoms with E-state index in [1.807, 2.05) is 6.07 Å². The Hall–Kier alpha value is -0.970. The summed E-state index contributed by atoms with van der Waals surface area (Å²) in [4.78, 5) is 14.5. The van der Waals surface area contributed by atoms with Gasteiger partial charge in [0.05, 0.1) is 15.9 Å². The van der Waals surface area contributed by atoms with Crippen LogP contribution in [0, 0.1) is 6.07 Å². The summed E-state index contributed by atoms with van der Waals surface area (Å²) in [6.07, 6.45) is 3.47. The van der Waals surface area contributed by atoms with E-state index in [-0.39, 0.29) is 64.0 Å². The summed E-state index contributed by atoms with van der Waals surface area (Å²) < 4.78 is 33.2. The summed E-state index contributed by atoms with van der Waals surface area (Å²) in [6, 6.07) is 12.4. The molecular formula is C16H10N4Na2O3S. The number of H-pyrrole nitrogens is 2. The largest absolute Gasteiger partial charge is 1.00 e. The molecule has 4 rings (SSSR count). The van der Waals surface area contributed by atoms with Crippen LogP contribution in [0.25, 0.3) is 34.2 Å². The maximum atomic E-state index is 11.1. The number of benzene rings is 2. The van der Waals surface area contributed by atoms with Gasteiger partial charge in [-0.15, -0.1) is 12.1 Å². The molecule has 7 nitrogen and oxygen atoms in total. The SMILES string of the molecule is O=S(=O)([O-])c1ccc2nc(C=Cc3nc4c[c-]ccc4[nH]3)[nH]c2c1.[Na+].[Na+]. The number of hydrogen-bond donors (Lipinski definition) is 2. The van der Waals surface area contributed by atoms with E-state index in [4.69, 9.17) is 0 Å². The van der Waals surface area contributed by atoms with Crippen molar-refractivity contribution >= 4 is 44.3 Å². The van der Waals surface area contributed by atoms with Crippen molar-refractivity contribution in [3.8, 4) is 0 Å². The van der Waals surface area contributed by atoms with E-state index < -0.39 is 10.1 Å². The third-order valence-corrected chi connectivity index (χ3v) is 4.34. The van der Waals surface area contributed by atoms with Crippen LogP contribution in [0.5, 0.6) is 0 Å². The molecule has 0 saturated carbocycles. The zero-order valence-electron chi connectivity index (χ0n) is 14.1. The molecule has 2 N–H and O–H groups in total. The van der Waals surface area contributed by atoms with Gasteiger partial charge in [0, 0.05) is 0 Å². The molecule has 2 aromatic carbocycles. The van der Waals surface area contributed by atoms with Crippen LogP contribution in [-0.2, 0) is 10.1 Å². The van der Waals surface area contributed by atoms with Crippen molar-refractivity contribution in [1.82, 2.24) is 19.9 Å². The molecule has 4 aromatic rings. The van der Waals surface area contributed by atoms with Gasteiger partial charge in [0.1, 0.15) is 21.8 Å². The number of rotatable bonds is 3. The van der Waals surface area contributed by atoms with Gasteiger partial charge in [-0.05, 0) is 41.4 Å². The second-order valence-corrected chi connectivity index (χ2v) is 6.53. The van der Waals surface area contributed by atoms with Gasteiger partial charge in [0.25, 0.3) is 0 Å². The van der Waals surface area contributed by atoms with Crippen LogP contribution in [0.1, 0.15) is 11.6 Å². The number of fused-ring (bicyclic) bond motifs is 2. The molecule has 0 bridgehead atoms. The topological polar surface area (TPSA) is 115 Å². The minimum Gasteiger partial charge on any atom is -0.744 e. The van der Waals surface area contributed by atoms with E-state index in [1.54, 1.807) is 24.3 Å². The second kappa shape index (κ2) is 8.37. The van der Waals surface area contributed by atoms with Gasteiger partial charge in [-0.2, -0.15) is 12.1 Å². The van der Waals surface area contributed by atoms with Gasteiger partial charge in [-0.25, -0.2) is 13.4 Å². The van der Waals surface area contributed by atoms with Crippen LogP contribution in [0.2, 0.25) is 0 Å². The average Bonchev–Trinajstić information content (AvgIpc) is 3.14. The van der Waals surface area contributed by atoms with Crippen LogP contribution in [0.4, 0.5) is 0 Å². The Morgan fingerprint density at radius 1 is 0.962 bits per heavy atom. The summed E-state index contributed by atoms with van der Waals surface area (Å²) >= 11 is 0. The molecule has 0 atom stereocenters. The number of aromatic amines is 2. The molecule has 10 heteroatoms. The van der Waals surface area contributed by atoms with Crippen LogP contribution in [0.3, 0.4) is 0 Å². The number of hydrogen-bond acceptors (Lipinski definition) is 5. The quantitative estimate of drug-likeness (QED) is 0.215. The number of aromatic nitrogens is 4. The zero-order valence-corrected chi connectivity index (χ0v) is 19.0. The van der Waals surface area contributed by atoms with Crippen LogP contribution in [-0.4, -0.2) is 32.9 Å². The van der Waals surface area contributed by atoms with E-state index >= 15 is 0 Å². The fourth-order valence-corrected chi connectivity index (χ4v) is 2.89. The van der Waals surface area contributed by atoms with Gasteiger partial charge in [-0.3, -0.25) is 4.98 Å². The van der Waals surface area contributed by atoms with Crippen LogP contribution in [0.15, 0.2) is 41.3 Å². The molecule has 0 aliphatic carbocycles. The summed E-state index contributed by atoms with van der Waals surface area (Å²) in [6.45, 7) is 0. The summed E-state index contributed by atoms with van der Waals surface area (Å²) in [7, 11) is -4.49. The molecule has 0 fully saturated rings. The number of nitrogens with zero attached hydrogens (tertiary/aromatic N) is 2. The minimum absolute atomic E-state index is 0. The molecule has 26 heavy (non-hydrogen) atoms. The molecule has 2 aromatic heterocycles. The Morgan fingerprint density at radius 2 is 1.62 bits per heavy atom. The molecule has 0 amide bonds. The first kappa shape index (κ1) is 21.3. The Kier molecular flexibility index (Phi) is 6.86. The molecule has 0 radical (unpaired) electrons. The van der Waals surface area contributed by atoms with E-state index in [0.29, 0.717) is 22.7 Å². The molecule has 120 valence electrons. The van der Waals surface area contributed by atoms with Gasteiger partial charge in [-0.1, -0.05) is 0 Å². The van der Waals surface area contributed by atoms with Gasteiger partial charge in [0.2, 0.25) is 0 Å². The Morgan fingerprint density at radius 3 is 2.27 bits per heavy atom. The summed E-state index contributed by atoms with van der Waals surface area (Å²) in [5, 5.41) is 0. The minimum atomic E-state index is -4.49. The normalized spacial score (nSPS) is 11.6. The number of nitrogens with one attached hydrogen (secondary N) is 2. The van der Waals surface area contributed by atoms with Crippen LogP contribution >= 0.6 is 0 Å². The van der Waals surface area contributed by atoms with E-state index in [1.165, 1.54) is 18.2 Å². The summed E-state index contributed by atoms with van der Waals surface area (Å²) in [5.74, 6) is 1.19. The first-order valence-corrected chi connectivity index (χ1v) is 8.39. The van der Waals surface area contributed by atoms with E-state index in [0.717, 1.165) is 11.0 Å². The zero-order chi connectivity index (χ0) is 16.7. The molecule has 0 spiro atoms. The predicted octanol–water partition coefficient (Wildman–Crippen LogP) is -3.68. The Bertz CT molecular complexity index is 1170. The van der Waals surface area contributed by atoms with Crippen molar-refractivity contribution in [2.24, 2.45) is 0 Å². The fraction of sp³-hybridized carbons (Fsp3) is 0. The van der Waals surface area contributed by atoms with Crippen molar-refractivity contribution in [3.05, 3.63) is 54.1 Å². The average molecular weight is 384 g/mol. The van der Waals surface area contributed by atoms with E-state index in [2.05, 4.69) is 26.0 Å². The third-order valence-electron chi connectivity index (χ3n) is 3.51. The maximum absolute atomic E-state index is 11.1. The number of imidazole rings is 2. The van der Waals surface area contributed by atoms with E-state index in [9.17, 15) is 13.0 Å². The van der Waals surface area contributed by atoms with Gasteiger partial charge < -0.3 is 14.5 Å². The molecule has 2 heterocycles. The van der Waals surface area contributed by atoms with Crippen molar-refractivity contribution in [3.63, 3.8) is 0 Å². The molecule has 0 saturated heterocycles. The van der Waals surface area contributed by atoms with Crippen LogP contribution < -0.4 is 59.1 Å². The standard InChI is InChI=1S/C16H11N4O3S.2Na/c21-24(22,23)10-5-6-13-14(9-10)20-16(19-13)8-7-15-17-11-3-1-2-4-12(11)18-15;;/h1,3-9H,(H,17,18)(H,19,20)(H,21,22,23);;/q-1;2*+1/p-1. The maximum Gasteiger partial charge on any atom is 1.00 e. The predicted molar refractivity (Wildman–Crippen MR) is 87.9 cm³/mol. The molecular weight excluding hydrogens is 374 g/mol.